The molecule has 1 aromatic rings. The Morgan fingerprint density at radius 1 is 1.38 bits per heavy atom. The molecule has 1 aliphatic heterocycles. The number of benzene rings is 1. The zero-order valence-electron chi connectivity index (χ0n) is 12.8. The number of rotatable bonds is 3. The van der Waals surface area contributed by atoms with Gasteiger partial charge in [-0.25, -0.2) is 0 Å². The molecule has 1 aliphatic rings. The van der Waals surface area contributed by atoms with Crippen LogP contribution in [-0.2, 0) is 16.0 Å². The summed E-state index contributed by atoms with van der Waals surface area (Å²) in [5.74, 6) is -1.63. The van der Waals surface area contributed by atoms with E-state index in [2.05, 4.69) is 0 Å². The van der Waals surface area contributed by atoms with Crippen molar-refractivity contribution < 1.29 is 19.4 Å². The minimum Gasteiger partial charge on any atom is -0.497 e. The highest BCUT2D eigenvalue weighted by atomic mass is 16.5. The van der Waals surface area contributed by atoms with Crippen LogP contribution in [0.25, 0.3) is 0 Å². The van der Waals surface area contributed by atoms with Gasteiger partial charge in [-0.1, -0.05) is 6.07 Å². The molecular weight excluding hydrogens is 270 g/mol. The lowest BCUT2D eigenvalue weighted by molar-refractivity contribution is -0.152. The maximum absolute atomic E-state index is 12.4. The Hall–Kier alpha value is -2.04. The van der Waals surface area contributed by atoms with E-state index in [-0.39, 0.29) is 18.0 Å². The molecule has 3 unspecified atom stereocenters. The average molecular weight is 291 g/mol. The summed E-state index contributed by atoms with van der Waals surface area (Å²) < 4.78 is 5.24. The first-order chi connectivity index (χ1) is 9.86. The number of ether oxygens (including phenoxy) is 1. The second-order valence-electron chi connectivity index (χ2n) is 5.60. The van der Waals surface area contributed by atoms with Crippen molar-refractivity contribution in [1.82, 2.24) is 4.90 Å². The molecule has 0 saturated heterocycles. The standard InChI is InChI=1S/C16H21NO4/c1-9-7-12-8-13(21-4)5-6-14(12)11(3)17(9)15(18)10(2)16(19)20/h5-6,8-11H,7H2,1-4H3,(H,19,20). The zero-order chi connectivity index (χ0) is 15.7. The highest BCUT2D eigenvalue weighted by Crippen LogP contribution is 2.35. The van der Waals surface area contributed by atoms with Gasteiger partial charge in [-0.05, 0) is 50.5 Å². The molecule has 0 aromatic heterocycles. The lowest BCUT2D eigenvalue weighted by Crippen LogP contribution is -2.48. The average Bonchev–Trinajstić information content (AvgIpc) is 2.45. The second-order valence-corrected chi connectivity index (χ2v) is 5.60. The molecule has 114 valence electrons. The smallest absolute Gasteiger partial charge is 0.315 e. The summed E-state index contributed by atoms with van der Waals surface area (Å²) in [6.07, 6.45) is 0.703. The van der Waals surface area contributed by atoms with Gasteiger partial charge in [0.1, 0.15) is 11.7 Å². The first-order valence-electron chi connectivity index (χ1n) is 7.08. The number of carboxylic acids is 1. The van der Waals surface area contributed by atoms with Gasteiger partial charge in [0, 0.05) is 6.04 Å². The van der Waals surface area contributed by atoms with E-state index in [1.165, 1.54) is 6.92 Å². The number of nitrogens with zero attached hydrogens (tertiary/aromatic N) is 1. The van der Waals surface area contributed by atoms with Crippen LogP contribution in [0.1, 0.15) is 37.9 Å². The zero-order valence-corrected chi connectivity index (χ0v) is 12.8. The van der Waals surface area contributed by atoms with Gasteiger partial charge in [-0.15, -0.1) is 0 Å². The Balaban J connectivity index is 2.35. The molecule has 0 bridgehead atoms. The third-order valence-electron chi connectivity index (χ3n) is 4.20. The van der Waals surface area contributed by atoms with Gasteiger partial charge in [0.25, 0.3) is 0 Å². The summed E-state index contributed by atoms with van der Waals surface area (Å²) in [6.45, 7) is 5.33. The minimum atomic E-state index is -1.08. The summed E-state index contributed by atoms with van der Waals surface area (Å²) in [4.78, 5) is 25.2. The monoisotopic (exact) mass is 291 g/mol. The number of carbonyl (C=O) groups is 2. The van der Waals surface area contributed by atoms with E-state index >= 15 is 0 Å². The largest absolute Gasteiger partial charge is 0.497 e. The molecule has 0 aliphatic carbocycles. The fourth-order valence-corrected chi connectivity index (χ4v) is 2.98. The van der Waals surface area contributed by atoms with Gasteiger partial charge in [0.2, 0.25) is 5.91 Å². The summed E-state index contributed by atoms with van der Waals surface area (Å²) in [7, 11) is 1.63. The first-order valence-corrected chi connectivity index (χ1v) is 7.08. The lowest BCUT2D eigenvalue weighted by atomic mass is 9.88. The molecule has 1 N–H and O–H groups in total. The normalized spacial score (nSPS) is 22.4. The summed E-state index contributed by atoms with van der Waals surface area (Å²) in [5.41, 5.74) is 2.21. The fourth-order valence-electron chi connectivity index (χ4n) is 2.98. The molecule has 0 fully saturated rings. The third-order valence-corrected chi connectivity index (χ3v) is 4.20. The number of aliphatic carboxylic acids is 1. The van der Waals surface area contributed by atoms with Gasteiger partial charge in [0.05, 0.1) is 13.2 Å². The van der Waals surface area contributed by atoms with Crippen molar-refractivity contribution in [2.24, 2.45) is 5.92 Å². The molecule has 0 radical (unpaired) electrons. The van der Waals surface area contributed by atoms with E-state index in [0.717, 1.165) is 16.9 Å². The van der Waals surface area contributed by atoms with Crippen LogP contribution in [0.4, 0.5) is 0 Å². The van der Waals surface area contributed by atoms with Crippen LogP contribution < -0.4 is 4.74 Å². The lowest BCUT2D eigenvalue weighted by Gasteiger charge is -2.41. The molecule has 21 heavy (non-hydrogen) atoms. The molecule has 5 nitrogen and oxygen atoms in total. The van der Waals surface area contributed by atoms with Crippen molar-refractivity contribution in [2.45, 2.75) is 39.3 Å². The van der Waals surface area contributed by atoms with Gasteiger partial charge >= 0.3 is 5.97 Å². The Kier molecular flexibility index (Phi) is 4.21. The van der Waals surface area contributed by atoms with Crippen LogP contribution in [0.5, 0.6) is 5.75 Å². The number of methoxy groups -OCH3 is 1. The van der Waals surface area contributed by atoms with Crippen molar-refractivity contribution in [1.29, 1.82) is 0 Å². The van der Waals surface area contributed by atoms with Gasteiger partial charge in [-0.3, -0.25) is 9.59 Å². The first kappa shape index (κ1) is 15.4. The van der Waals surface area contributed by atoms with E-state index in [9.17, 15) is 9.59 Å². The van der Waals surface area contributed by atoms with E-state index in [1.54, 1.807) is 12.0 Å². The summed E-state index contributed by atoms with van der Waals surface area (Å²) in [6, 6.07) is 5.65. The van der Waals surface area contributed by atoms with Gasteiger partial charge < -0.3 is 14.7 Å². The van der Waals surface area contributed by atoms with E-state index in [0.29, 0.717) is 6.42 Å². The molecule has 3 atom stereocenters. The second kappa shape index (κ2) is 5.76. The number of amides is 1. The minimum absolute atomic E-state index is 0.0334. The molecule has 0 spiro atoms. The van der Waals surface area contributed by atoms with E-state index in [4.69, 9.17) is 9.84 Å². The van der Waals surface area contributed by atoms with Crippen molar-refractivity contribution in [3.8, 4) is 5.75 Å². The number of hydrogen-bond donors (Lipinski definition) is 1. The molecule has 1 amide bonds. The predicted molar refractivity (Wildman–Crippen MR) is 78.2 cm³/mol. The third kappa shape index (κ3) is 2.73. The van der Waals surface area contributed by atoms with Crippen LogP contribution in [0.2, 0.25) is 0 Å². The van der Waals surface area contributed by atoms with Crippen molar-refractivity contribution in [3.05, 3.63) is 29.3 Å². The van der Waals surface area contributed by atoms with Crippen LogP contribution in [0.3, 0.4) is 0 Å². The molecule has 2 rings (SSSR count). The molecule has 1 heterocycles. The number of carboxylic acid groups (broad SMARTS) is 1. The Morgan fingerprint density at radius 2 is 2.05 bits per heavy atom. The molecule has 1 aromatic carbocycles. The van der Waals surface area contributed by atoms with Gasteiger partial charge in [-0.2, -0.15) is 0 Å². The van der Waals surface area contributed by atoms with E-state index < -0.39 is 11.9 Å². The highest BCUT2D eigenvalue weighted by molar-refractivity contribution is 5.96. The quantitative estimate of drug-likeness (QED) is 0.867. The molecule has 0 saturated carbocycles. The number of hydrogen-bond acceptors (Lipinski definition) is 3. The maximum atomic E-state index is 12.4. The fraction of sp³-hybridized carbons (Fsp3) is 0.500. The van der Waals surface area contributed by atoms with Crippen LogP contribution in [0, 0.1) is 5.92 Å². The molecule has 5 heteroatoms. The van der Waals surface area contributed by atoms with Crippen LogP contribution in [-0.4, -0.2) is 35.0 Å². The Labute approximate surface area is 124 Å². The summed E-state index contributed by atoms with van der Waals surface area (Å²) in [5, 5.41) is 9.06. The maximum Gasteiger partial charge on any atom is 0.315 e. The van der Waals surface area contributed by atoms with Crippen molar-refractivity contribution in [2.75, 3.05) is 7.11 Å². The van der Waals surface area contributed by atoms with Crippen molar-refractivity contribution >= 4 is 11.9 Å². The predicted octanol–water partition coefficient (Wildman–Crippen LogP) is 2.25. The highest BCUT2D eigenvalue weighted by Gasteiger charge is 2.36. The Morgan fingerprint density at radius 3 is 2.62 bits per heavy atom. The Bertz CT molecular complexity index is 569. The molecular formula is C16H21NO4. The SMILES string of the molecule is COc1ccc2c(c1)CC(C)N(C(=O)C(C)C(=O)O)C2C. The van der Waals surface area contributed by atoms with E-state index in [1.807, 2.05) is 32.0 Å². The van der Waals surface area contributed by atoms with Crippen LogP contribution in [0.15, 0.2) is 18.2 Å². The summed E-state index contributed by atoms with van der Waals surface area (Å²) >= 11 is 0. The van der Waals surface area contributed by atoms with Gasteiger partial charge in [0.15, 0.2) is 0 Å². The number of carbonyl (C=O) groups excluding carboxylic acids is 1. The number of fused-ring (bicyclic) bond motifs is 1. The van der Waals surface area contributed by atoms with Crippen LogP contribution >= 0.6 is 0 Å². The topological polar surface area (TPSA) is 66.8 Å². The van der Waals surface area contributed by atoms with Crippen molar-refractivity contribution in [3.63, 3.8) is 0 Å².